The summed E-state index contributed by atoms with van der Waals surface area (Å²) in [4.78, 5) is 14.9. The van der Waals surface area contributed by atoms with Gasteiger partial charge in [-0.3, -0.25) is 10.1 Å². The number of hydrogen-bond acceptors (Lipinski definition) is 3. The highest BCUT2D eigenvalue weighted by Gasteiger charge is 2.27. The third kappa shape index (κ3) is 6.87. The van der Waals surface area contributed by atoms with E-state index in [2.05, 4.69) is 22.4 Å². The molecule has 1 atom stereocenters. The van der Waals surface area contributed by atoms with E-state index in [1.807, 2.05) is 39.8 Å². The minimum atomic E-state index is -0.294. The lowest BCUT2D eigenvalue weighted by Crippen LogP contribution is -2.42. The van der Waals surface area contributed by atoms with E-state index in [-0.39, 0.29) is 17.8 Å². The Balaban J connectivity index is 0.000000296. The van der Waals surface area contributed by atoms with Crippen molar-refractivity contribution < 1.29 is 13.9 Å². The van der Waals surface area contributed by atoms with Crippen LogP contribution in [-0.4, -0.2) is 24.1 Å². The van der Waals surface area contributed by atoms with Crippen molar-refractivity contribution in [3.63, 3.8) is 0 Å². The SMILES string of the molecule is CC.CC.COC(=O)C1Cc2c([nH]c3ccccc23)CN1.Fc1cccc(Cl)c1. The first kappa shape index (κ1) is 24.7. The molecule has 0 amide bonds. The van der Waals surface area contributed by atoms with Crippen molar-refractivity contribution in [3.05, 3.63) is 70.6 Å². The van der Waals surface area contributed by atoms with Gasteiger partial charge >= 0.3 is 5.97 Å². The maximum absolute atomic E-state index is 12.1. The molecule has 4 rings (SSSR count). The summed E-state index contributed by atoms with van der Waals surface area (Å²) in [6.07, 6.45) is 0.687. The number of benzene rings is 2. The molecule has 1 unspecified atom stereocenters. The van der Waals surface area contributed by atoms with Crippen molar-refractivity contribution in [2.45, 2.75) is 46.7 Å². The van der Waals surface area contributed by atoms with Crippen molar-refractivity contribution >= 4 is 28.5 Å². The number of H-pyrrole nitrogens is 1. The quantitative estimate of drug-likeness (QED) is 0.483. The number of aromatic nitrogens is 1. The second-order valence-electron chi connectivity index (χ2n) is 5.73. The fourth-order valence-electron chi connectivity index (χ4n) is 2.91. The number of methoxy groups -OCH3 is 1. The number of para-hydroxylation sites is 1. The first-order valence-corrected chi connectivity index (χ1v) is 10.3. The van der Waals surface area contributed by atoms with E-state index >= 15 is 0 Å². The molecule has 0 fully saturated rings. The van der Waals surface area contributed by atoms with Crippen LogP contribution in [-0.2, 0) is 22.5 Å². The number of carbonyl (C=O) groups is 1. The van der Waals surface area contributed by atoms with Crippen molar-refractivity contribution in [2.75, 3.05) is 7.11 Å². The van der Waals surface area contributed by atoms with E-state index in [0.717, 1.165) is 5.52 Å². The molecule has 0 radical (unpaired) electrons. The summed E-state index contributed by atoms with van der Waals surface area (Å²) >= 11 is 5.40. The van der Waals surface area contributed by atoms with E-state index in [9.17, 15) is 9.18 Å². The number of rotatable bonds is 1. The molecular formula is C23H30ClFN2O2. The van der Waals surface area contributed by atoms with E-state index in [0.29, 0.717) is 18.0 Å². The van der Waals surface area contributed by atoms with Crippen molar-refractivity contribution in [1.29, 1.82) is 0 Å². The molecule has 4 nitrogen and oxygen atoms in total. The van der Waals surface area contributed by atoms with Gasteiger partial charge in [-0.05, 0) is 29.8 Å². The molecular weight excluding hydrogens is 391 g/mol. The van der Waals surface area contributed by atoms with E-state index in [1.165, 1.54) is 35.9 Å². The fraction of sp³-hybridized carbons (Fsp3) is 0.348. The minimum Gasteiger partial charge on any atom is -0.468 e. The topological polar surface area (TPSA) is 54.1 Å². The molecule has 2 heterocycles. The molecule has 158 valence electrons. The van der Waals surface area contributed by atoms with Gasteiger partial charge in [-0.15, -0.1) is 0 Å². The zero-order valence-electron chi connectivity index (χ0n) is 17.7. The molecule has 6 heteroatoms. The van der Waals surface area contributed by atoms with Crippen LogP contribution in [0.1, 0.15) is 39.0 Å². The lowest BCUT2D eigenvalue weighted by Gasteiger charge is -2.21. The minimum absolute atomic E-state index is 0.194. The lowest BCUT2D eigenvalue weighted by atomic mass is 9.99. The van der Waals surface area contributed by atoms with E-state index < -0.39 is 0 Å². The molecule has 0 bridgehead atoms. The van der Waals surface area contributed by atoms with Gasteiger partial charge in [-0.1, -0.05) is 63.6 Å². The van der Waals surface area contributed by atoms with Crippen LogP contribution >= 0.6 is 11.6 Å². The second-order valence-corrected chi connectivity index (χ2v) is 6.16. The van der Waals surface area contributed by atoms with Gasteiger partial charge in [0.1, 0.15) is 11.9 Å². The number of ether oxygens (including phenoxy) is 1. The van der Waals surface area contributed by atoms with Crippen molar-refractivity contribution in [2.24, 2.45) is 0 Å². The van der Waals surface area contributed by atoms with Crippen LogP contribution in [0, 0.1) is 5.82 Å². The molecule has 0 spiro atoms. The number of nitrogens with one attached hydrogen (secondary N) is 2. The molecule has 2 aromatic carbocycles. The molecule has 1 aliphatic rings. The van der Waals surface area contributed by atoms with E-state index in [4.69, 9.17) is 16.3 Å². The number of halogens is 2. The summed E-state index contributed by atoms with van der Waals surface area (Å²) in [7, 11) is 1.43. The molecule has 0 saturated carbocycles. The Morgan fingerprint density at radius 1 is 1.10 bits per heavy atom. The summed E-state index contributed by atoms with van der Waals surface area (Å²) in [6, 6.07) is 13.8. The zero-order chi connectivity index (χ0) is 21.8. The Morgan fingerprint density at radius 2 is 1.79 bits per heavy atom. The Kier molecular flexibility index (Phi) is 11.0. The van der Waals surface area contributed by atoms with Crippen LogP contribution in [0.5, 0.6) is 0 Å². The zero-order valence-corrected chi connectivity index (χ0v) is 18.4. The van der Waals surface area contributed by atoms with Crippen LogP contribution in [0.3, 0.4) is 0 Å². The standard InChI is InChI=1S/C13H14N2O2.C6H4ClF.2C2H6/c1-17-13(16)11-6-9-8-4-2-3-5-10(8)15-12(9)7-14-11;7-5-2-1-3-6(8)4-5;2*1-2/h2-5,11,14-15H,6-7H2,1H3;1-4H;2*1-2H3. The van der Waals surface area contributed by atoms with Gasteiger partial charge in [0.2, 0.25) is 0 Å². The summed E-state index contributed by atoms with van der Waals surface area (Å²) in [5.41, 5.74) is 3.53. The number of hydrogen-bond donors (Lipinski definition) is 2. The second kappa shape index (κ2) is 13.0. The number of esters is 1. The third-order valence-electron chi connectivity index (χ3n) is 4.11. The van der Waals surface area contributed by atoms with Gasteiger partial charge in [-0.2, -0.15) is 0 Å². The summed E-state index contributed by atoms with van der Waals surface area (Å²) in [6.45, 7) is 8.68. The molecule has 1 aromatic heterocycles. The number of carbonyl (C=O) groups excluding carboxylic acids is 1. The molecule has 0 saturated heterocycles. The largest absolute Gasteiger partial charge is 0.468 e. The highest BCUT2D eigenvalue weighted by Crippen LogP contribution is 2.26. The Hall–Kier alpha value is -2.37. The molecule has 0 aliphatic carbocycles. The van der Waals surface area contributed by atoms with Gasteiger partial charge in [0.25, 0.3) is 0 Å². The first-order valence-electron chi connectivity index (χ1n) is 9.89. The van der Waals surface area contributed by atoms with Gasteiger partial charge in [0, 0.05) is 34.6 Å². The van der Waals surface area contributed by atoms with Crippen LogP contribution in [0.15, 0.2) is 48.5 Å². The number of aromatic amines is 1. The maximum Gasteiger partial charge on any atom is 0.323 e. The summed E-state index contributed by atoms with van der Waals surface area (Å²) < 4.78 is 16.9. The van der Waals surface area contributed by atoms with Gasteiger partial charge in [0.15, 0.2) is 0 Å². The fourth-order valence-corrected chi connectivity index (χ4v) is 3.09. The maximum atomic E-state index is 12.1. The van der Waals surface area contributed by atoms with Crippen molar-refractivity contribution in [1.82, 2.24) is 10.3 Å². The van der Waals surface area contributed by atoms with Gasteiger partial charge < -0.3 is 9.72 Å². The predicted octanol–water partition coefficient (Wildman–Crippen LogP) is 5.89. The van der Waals surface area contributed by atoms with Gasteiger partial charge in [0.05, 0.1) is 7.11 Å². The summed E-state index contributed by atoms with van der Waals surface area (Å²) in [5.74, 6) is -0.488. The first-order chi connectivity index (χ1) is 14.1. The van der Waals surface area contributed by atoms with E-state index in [1.54, 1.807) is 12.1 Å². The van der Waals surface area contributed by atoms with Crippen LogP contribution in [0.25, 0.3) is 10.9 Å². The van der Waals surface area contributed by atoms with Gasteiger partial charge in [-0.25, -0.2) is 4.39 Å². The smallest absolute Gasteiger partial charge is 0.323 e. The average Bonchev–Trinajstić information content (AvgIpc) is 3.14. The molecule has 2 N–H and O–H groups in total. The highest BCUT2D eigenvalue weighted by atomic mass is 35.5. The Bertz CT molecular complexity index is 878. The number of fused-ring (bicyclic) bond motifs is 3. The van der Waals surface area contributed by atoms with Crippen LogP contribution in [0.2, 0.25) is 5.02 Å². The molecule has 1 aliphatic heterocycles. The Labute approximate surface area is 177 Å². The lowest BCUT2D eigenvalue weighted by molar-refractivity contribution is -0.143. The molecule has 3 aromatic rings. The van der Waals surface area contributed by atoms with Crippen LogP contribution in [0.4, 0.5) is 4.39 Å². The predicted molar refractivity (Wildman–Crippen MR) is 119 cm³/mol. The Morgan fingerprint density at radius 3 is 2.38 bits per heavy atom. The summed E-state index contributed by atoms with van der Waals surface area (Å²) in [5, 5.41) is 4.82. The highest BCUT2D eigenvalue weighted by molar-refractivity contribution is 6.30. The molecule has 29 heavy (non-hydrogen) atoms. The van der Waals surface area contributed by atoms with Crippen molar-refractivity contribution in [3.8, 4) is 0 Å². The third-order valence-corrected chi connectivity index (χ3v) is 4.34. The average molecular weight is 421 g/mol. The van der Waals surface area contributed by atoms with Crippen LogP contribution < -0.4 is 5.32 Å². The monoisotopic (exact) mass is 420 g/mol. The normalized spacial score (nSPS) is 14.1.